The minimum absolute atomic E-state index is 0.0952. The van der Waals surface area contributed by atoms with Crippen molar-refractivity contribution in [3.63, 3.8) is 0 Å². The molecule has 2 N–H and O–H groups in total. The highest BCUT2D eigenvalue weighted by Gasteiger charge is 2.42. The molecule has 194 valence electrons. The number of rotatable bonds is 18. The van der Waals surface area contributed by atoms with Crippen molar-refractivity contribution in [1.29, 1.82) is 0 Å². The molecule has 33 heavy (non-hydrogen) atoms. The summed E-state index contributed by atoms with van der Waals surface area (Å²) >= 11 is 0. The number of aliphatic hydroxyl groups is 2. The van der Waals surface area contributed by atoms with Gasteiger partial charge in [-0.1, -0.05) is 90.7 Å². The highest BCUT2D eigenvalue weighted by molar-refractivity contribution is 5.69. The molecule has 1 unspecified atom stereocenters. The fourth-order valence-electron chi connectivity index (χ4n) is 5.34. The zero-order chi connectivity index (χ0) is 24.7. The van der Waals surface area contributed by atoms with Gasteiger partial charge < -0.3 is 14.9 Å². The second-order valence-corrected chi connectivity index (χ2v) is 10.9. The third-order valence-electron chi connectivity index (χ3n) is 7.93. The van der Waals surface area contributed by atoms with Crippen LogP contribution in [0.5, 0.6) is 0 Å². The van der Waals surface area contributed by atoms with Gasteiger partial charge in [-0.05, 0) is 57.3 Å². The van der Waals surface area contributed by atoms with Gasteiger partial charge in [0.1, 0.15) is 0 Å². The smallest absolute Gasteiger partial charge is 0.305 e. The summed E-state index contributed by atoms with van der Waals surface area (Å²) < 4.78 is 4.99. The number of esters is 1. The predicted molar refractivity (Wildman–Crippen MR) is 138 cm³/mol. The van der Waals surface area contributed by atoms with Gasteiger partial charge in [0, 0.05) is 12.3 Å². The van der Waals surface area contributed by atoms with Crippen molar-refractivity contribution < 1.29 is 19.7 Å². The summed E-state index contributed by atoms with van der Waals surface area (Å²) in [4.78, 5) is 11.5. The van der Waals surface area contributed by atoms with Crippen molar-refractivity contribution in [3.05, 3.63) is 11.6 Å². The molecule has 0 aromatic rings. The summed E-state index contributed by atoms with van der Waals surface area (Å²) in [6.45, 7) is 11.2. The molecule has 0 aromatic carbocycles. The molecule has 1 aliphatic carbocycles. The molecule has 1 rings (SSSR count). The lowest BCUT2D eigenvalue weighted by Gasteiger charge is -2.43. The number of carbonyl (C=O) groups is 1. The largest absolute Gasteiger partial charge is 0.466 e. The Morgan fingerprint density at radius 2 is 1.70 bits per heavy atom. The molecule has 0 radical (unpaired) electrons. The van der Waals surface area contributed by atoms with E-state index in [1.165, 1.54) is 18.4 Å². The summed E-state index contributed by atoms with van der Waals surface area (Å²) in [7, 11) is 0. The Labute approximate surface area is 204 Å². The predicted octanol–water partition coefficient (Wildman–Crippen LogP) is 7.51. The van der Waals surface area contributed by atoms with Crippen molar-refractivity contribution in [1.82, 2.24) is 0 Å². The zero-order valence-electron chi connectivity index (χ0n) is 22.5. The maximum atomic E-state index is 11.8. The Morgan fingerprint density at radius 3 is 2.36 bits per heavy atom. The normalized spacial score (nSPS) is 22.0. The van der Waals surface area contributed by atoms with Crippen molar-refractivity contribution in [2.45, 2.75) is 149 Å². The summed E-state index contributed by atoms with van der Waals surface area (Å²) in [5.41, 5.74) is 0.559. The van der Waals surface area contributed by atoms with Gasteiger partial charge in [-0.2, -0.15) is 0 Å². The molecule has 0 saturated heterocycles. The summed E-state index contributed by atoms with van der Waals surface area (Å²) in [6, 6.07) is 0. The quantitative estimate of drug-likeness (QED) is 0.125. The molecular formula is C29H54O4. The fraction of sp³-hybridized carbons (Fsp3) is 0.897. The van der Waals surface area contributed by atoms with E-state index in [0.717, 1.165) is 77.0 Å². The number of carbonyl (C=O) groups excluding carboxylic acids is 1. The van der Waals surface area contributed by atoms with E-state index in [-0.39, 0.29) is 23.4 Å². The molecule has 1 fully saturated rings. The monoisotopic (exact) mass is 466 g/mol. The number of hydrogen-bond donors (Lipinski definition) is 2. The van der Waals surface area contributed by atoms with Crippen LogP contribution in [0.25, 0.3) is 0 Å². The Balaban J connectivity index is 2.67. The zero-order valence-corrected chi connectivity index (χ0v) is 22.5. The fourth-order valence-corrected chi connectivity index (χ4v) is 5.34. The molecule has 0 heterocycles. The van der Waals surface area contributed by atoms with E-state index in [0.29, 0.717) is 19.4 Å². The van der Waals surface area contributed by atoms with Gasteiger partial charge >= 0.3 is 5.97 Å². The van der Waals surface area contributed by atoms with Crippen molar-refractivity contribution in [2.24, 2.45) is 11.3 Å². The Kier molecular flexibility index (Phi) is 14.6. The summed E-state index contributed by atoms with van der Waals surface area (Å²) in [5.74, 6) is 0.135. The van der Waals surface area contributed by atoms with E-state index in [2.05, 4.69) is 33.8 Å². The first-order valence-corrected chi connectivity index (χ1v) is 14.0. The number of hydrogen-bond acceptors (Lipinski definition) is 4. The molecule has 4 heteroatoms. The molecule has 0 spiro atoms. The van der Waals surface area contributed by atoms with E-state index in [1.54, 1.807) is 0 Å². The van der Waals surface area contributed by atoms with Crippen molar-refractivity contribution in [2.75, 3.05) is 6.61 Å². The minimum atomic E-state index is -0.685. The van der Waals surface area contributed by atoms with Gasteiger partial charge in [0.2, 0.25) is 0 Å². The standard InChI is InChI=1S/C29H54O4/c1-6-9-15-22-29(32,28(4,5)21-10-7-2)23-20-24-18-19-26(30)25(24)16-13-11-12-14-17-27(31)33-8-3/h20,25-26,30,32H,6-19,21-23H2,1-5H3/t25-,26+,29?/m1/s1. The Bertz CT molecular complexity index is 568. The highest BCUT2D eigenvalue weighted by Crippen LogP contribution is 2.44. The molecule has 0 bridgehead atoms. The number of ether oxygens (including phenoxy) is 1. The van der Waals surface area contributed by atoms with Gasteiger partial charge in [0.15, 0.2) is 0 Å². The maximum Gasteiger partial charge on any atom is 0.305 e. The molecule has 0 amide bonds. The van der Waals surface area contributed by atoms with Gasteiger partial charge in [-0.25, -0.2) is 0 Å². The van der Waals surface area contributed by atoms with Gasteiger partial charge in [0.05, 0.1) is 18.3 Å². The molecule has 0 aromatic heterocycles. The third-order valence-corrected chi connectivity index (χ3v) is 7.93. The van der Waals surface area contributed by atoms with Crippen molar-refractivity contribution in [3.8, 4) is 0 Å². The molecule has 4 nitrogen and oxygen atoms in total. The summed E-state index contributed by atoms with van der Waals surface area (Å²) in [5, 5.41) is 22.4. The van der Waals surface area contributed by atoms with Crippen LogP contribution in [0.15, 0.2) is 11.6 Å². The van der Waals surface area contributed by atoms with E-state index in [1.807, 2.05) is 6.92 Å². The van der Waals surface area contributed by atoms with Crippen LogP contribution in [-0.4, -0.2) is 34.5 Å². The third kappa shape index (κ3) is 10.5. The summed E-state index contributed by atoms with van der Waals surface area (Å²) in [6.07, 6.45) is 17.7. The topological polar surface area (TPSA) is 66.8 Å². The van der Waals surface area contributed by atoms with Gasteiger partial charge in [-0.3, -0.25) is 4.79 Å². The first kappa shape index (κ1) is 30.2. The van der Waals surface area contributed by atoms with E-state index >= 15 is 0 Å². The lowest BCUT2D eigenvalue weighted by Crippen LogP contribution is -2.44. The van der Waals surface area contributed by atoms with Crippen LogP contribution in [0.4, 0.5) is 0 Å². The van der Waals surface area contributed by atoms with Crippen LogP contribution in [0.2, 0.25) is 0 Å². The lowest BCUT2D eigenvalue weighted by molar-refractivity contribution is -0.143. The van der Waals surface area contributed by atoms with E-state index in [9.17, 15) is 15.0 Å². The second-order valence-electron chi connectivity index (χ2n) is 10.9. The molecule has 3 atom stereocenters. The maximum absolute atomic E-state index is 11.8. The molecule has 1 saturated carbocycles. The van der Waals surface area contributed by atoms with Gasteiger partial charge in [-0.15, -0.1) is 0 Å². The average Bonchev–Trinajstić information content (AvgIpc) is 3.13. The second kappa shape index (κ2) is 15.9. The average molecular weight is 467 g/mol. The minimum Gasteiger partial charge on any atom is -0.466 e. The van der Waals surface area contributed by atoms with E-state index < -0.39 is 5.60 Å². The molecular weight excluding hydrogens is 412 g/mol. The first-order chi connectivity index (χ1) is 15.7. The highest BCUT2D eigenvalue weighted by atomic mass is 16.5. The van der Waals surface area contributed by atoms with Crippen LogP contribution in [-0.2, 0) is 9.53 Å². The number of unbranched alkanes of at least 4 members (excludes halogenated alkanes) is 6. The molecule has 1 aliphatic rings. The van der Waals surface area contributed by atoms with Crippen LogP contribution in [0, 0.1) is 11.3 Å². The van der Waals surface area contributed by atoms with Crippen LogP contribution >= 0.6 is 0 Å². The molecule has 0 aliphatic heterocycles. The van der Waals surface area contributed by atoms with Crippen LogP contribution in [0.1, 0.15) is 137 Å². The number of aliphatic hydroxyl groups excluding tert-OH is 1. The SMILES string of the molecule is CCCCCC(O)(CC=C1CC[C@H](O)[C@@H]1CCCCCCC(=O)OCC)C(C)(C)CCCC. The Hall–Kier alpha value is -0.870. The van der Waals surface area contributed by atoms with Crippen LogP contribution in [0.3, 0.4) is 0 Å². The van der Waals surface area contributed by atoms with Crippen LogP contribution < -0.4 is 0 Å². The first-order valence-electron chi connectivity index (χ1n) is 14.0. The van der Waals surface area contributed by atoms with E-state index in [4.69, 9.17) is 4.74 Å². The van der Waals surface area contributed by atoms with Gasteiger partial charge in [0.25, 0.3) is 0 Å². The Morgan fingerprint density at radius 1 is 1.00 bits per heavy atom. The lowest BCUT2D eigenvalue weighted by atomic mass is 9.67. The van der Waals surface area contributed by atoms with Crippen molar-refractivity contribution >= 4 is 5.97 Å².